The number of aryl methyl sites for hydroxylation is 2. The average molecular weight is 1350 g/mol. The molecule has 0 N–H and O–H groups in total. The average Bonchev–Trinajstić information content (AvgIpc) is 1.63. The van der Waals surface area contributed by atoms with Crippen LogP contribution in [0.4, 0.5) is 4.39 Å². The number of fused-ring (bicyclic) bond motifs is 3. The van der Waals surface area contributed by atoms with Crippen LogP contribution in [0.15, 0.2) is 221 Å². The summed E-state index contributed by atoms with van der Waals surface area (Å²) in [7, 11) is 0. The highest BCUT2D eigenvalue weighted by atomic mass is 35.5. The predicted molar refractivity (Wildman–Crippen MR) is 388 cm³/mol. The third-order valence-corrected chi connectivity index (χ3v) is 19.2. The molecule has 20 heteroatoms. The molecule has 6 aromatic heterocycles. The van der Waals surface area contributed by atoms with Gasteiger partial charge in [-0.15, -0.1) is 0 Å². The molecule has 504 valence electrons. The fourth-order valence-corrected chi connectivity index (χ4v) is 13.4. The lowest BCUT2D eigenvalue weighted by molar-refractivity contribution is -0.125. The van der Waals surface area contributed by atoms with Gasteiger partial charge in [-0.2, -0.15) is 15.3 Å². The minimum absolute atomic E-state index is 0.0321. The minimum Gasteiger partial charge on any atom is -0.457 e. The summed E-state index contributed by atoms with van der Waals surface area (Å²) in [5.41, 5.74) is 12.3. The fourth-order valence-electron chi connectivity index (χ4n) is 13.1. The summed E-state index contributed by atoms with van der Waals surface area (Å²) in [5, 5.41) is 18.4. The first-order chi connectivity index (χ1) is 48.7. The lowest BCUT2D eigenvalue weighted by Gasteiger charge is -2.15. The Bertz CT molecular complexity index is 4840. The Hall–Kier alpha value is -11.6. The second-order valence-corrected chi connectivity index (χ2v) is 25.3. The van der Waals surface area contributed by atoms with Crippen LogP contribution in [0.2, 0.25) is 5.02 Å². The second kappa shape index (κ2) is 29.6. The van der Waals surface area contributed by atoms with E-state index in [4.69, 9.17) is 41.1 Å². The van der Waals surface area contributed by atoms with Crippen molar-refractivity contribution in [2.75, 3.05) is 39.3 Å². The van der Waals surface area contributed by atoms with E-state index in [2.05, 4.69) is 61.5 Å². The van der Waals surface area contributed by atoms with E-state index in [1.165, 1.54) is 29.9 Å². The summed E-state index contributed by atoms with van der Waals surface area (Å²) in [4.78, 5) is 54.5. The van der Waals surface area contributed by atoms with E-state index in [0.717, 1.165) is 115 Å². The molecule has 3 aliphatic rings. The van der Waals surface area contributed by atoms with Gasteiger partial charge in [-0.3, -0.25) is 43.4 Å². The van der Waals surface area contributed by atoms with Crippen molar-refractivity contribution in [3.8, 4) is 68.3 Å². The number of likely N-dealkylation sites (tertiary alicyclic amines) is 3. The Morgan fingerprint density at radius 1 is 0.480 bits per heavy atom. The number of nitrogens with zero attached hydrogens (tertiary/aromatic N) is 12. The molecule has 3 amide bonds. The molecule has 0 bridgehead atoms. The van der Waals surface area contributed by atoms with Gasteiger partial charge in [0.2, 0.25) is 17.7 Å². The van der Waals surface area contributed by atoms with Crippen molar-refractivity contribution in [3.63, 3.8) is 0 Å². The number of pyridine rings is 3. The lowest BCUT2D eigenvalue weighted by Crippen LogP contribution is -2.27. The normalized spacial score (nSPS) is 15.7. The highest BCUT2D eigenvalue weighted by Crippen LogP contribution is 2.39. The molecule has 18 nitrogen and oxygen atoms in total. The molecule has 6 aromatic carbocycles. The quantitative estimate of drug-likeness (QED) is 0.0837. The van der Waals surface area contributed by atoms with Gasteiger partial charge in [0.25, 0.3) is 0 Å². The molecule has 0 spiro atoms. The SMILES string of the molecule is C=CC(=O)N1CC[C@@H](n2nc(-c3ccc(Oc4cccc(C)c4C)cc3)c3cnccc32)C1.C=CC(=O)N1CC[C@@H](n2nc(-c3ccc(Oc4cccc(CC)c4Cl)cc3)c3cnccc32)C1.C=CC(=O)N1CC[C@@H](n2nc(-c3ccc(Oc4cccc(F)c4C)cc3)c3cnccc32)C1. The minimum atomic E-state index is -0.297. The molecule has 15 rings (SSSR count). The molecule has 0 saturated carbocycles. The zero-order valence-electron chi connectivity index (χ0n) is 56.0. The number of carbonyl (C=O) groups excluding carboxylic acids is 3. The van der Waals surface area contributed by atoms with Crippen molar-refractivity contribution >= 4 is 62.0 Å². The van der Waals surface area contributed by atoms with E-state index in [1.54, 1.807) is 42.5 Å². The number of benzene rings is 6. The fraction of sp³-hybridized carbons (Fsp3) is 0.212. The number of rotatable bonds is 16. The van der Waals surface area contributed by atoms with E-state index in [0.29, 0.717) is 72.9 Å². The Labute approximate surface area is 583 Å². The van der Waals surface area contributed by atoms with Crippen molar-refractivity contribution in [2.45, 2.75) is 71.5 Å². The van der Waals surface area contributed by atoms with Crippen LogP contribution >= 0.6 is 11.6 Å². The number of amides is 3. The molecule has 100 heavy (non-hydrogen) atoms. The van der Waals surface area contributed by atoms with Gasteiger partial charge in [-0.25, -0.2) is 4.39 Å². The molecule has 0 aliphatic carbocycles. The highest BCUT2D eigenvalue weighted by molar-refractivity contribution is 6.32. The first kappa shape index (κ1) is 67.0. The number of aromatic nitrogens is 9. The molecule has 0 radical (unpaired) electrons. The summed E-state index contributed by atoms with van der Waals surface area (Å²) in [5.74, 6) is 3.67. The van der Waals surface area contributed by atoms with E-state index >= 15 is 0 Å². The lowest BCUT2D eigenvalue weighted by atomic mass is 10.1. The summed E-state index contributed by atoms with van der Waals surface area (Å²) in [6.45, 7) is 22.7. The molecule has 9 heterocycles. The molecule has 3 aliphatic heterocycles. The molecule has 3 atom stereocenters. The summed E-state index contributed by atoms with van der Waals surface area (Å²) >= 11 is 6.48. The maximum Gasteiger partial charge on any atom is 0.246 e. The Kier molecular flexibility index (Phi) is 19.9. The van der Waals surface area contributed by atoms with Crippen LogP contribution in [-0.2, 0) is 20.8 Å². The topological polar surface area (TPSA) is 181 Å². The predicted octanol–water partition coefficient (Wildman–Crippen LogP) is 16.8. The van der Waals surface area contributed by atoms with Gasteiger partial charge >= 0.3 is 0 Å². The van der Waals surface area contributed by atoms with Crippen LogP contribution in [-0.4, -0.2) is 116 Å². The number of ether oxygens (including phenoxy) is 3. The number of hydrogen-bond acceptors (Lipinski definition) is 12. The highest BCUT2D eigenvalue weighted by Gasteiger charge is 2.32. The monoisotopic (exact) mass is 1350 g/mol. The molecular weight excluding hydrogens is 1280 g/mol. The summed E-state index contributed by atoms with van der Waals surface area (Å²) in [6.07, 6.45) is 18.3. The van der Waals surface area contributed by atoms with Crippen molar-refractivity contribution < 1.29 is 33.0 Å². The van der Waals surface area contributed by atoms with Gasteiger partial charge in [0, 0.05) is 115 Å². The number of halogens is 2. The Morgan fingerprint density at radius 3 is 1.21 bits per heavy atom. The van der Waals surface area contributed by atoms with Gasteiger partial charge < -0.3 is 28.9 Å². The van der Waals surface area contributed by atoms with E-state index in [1.807, 2.05) is 164 Å². The maximum atomic E-state index is 13.8. The molecular formula is C80H74ClFN12O6. The van der Waals surface area contributed by atoms with Crippen molar-refractivity contribution in [3.05, 3.63) is 254 Å². The summed E-state index contributed by atoms with van der Waals surface area (Å²) in [6, 6.07) is 46.3. The first-order valence-corrected chi connectivity index (χ1v) is 33.7. The van der Waals surface area contributed by atoms with Gasteiger partial charge in [-0.1, -0.05) is 68.6 Å². The number of carbonyl (C=O) groups is 3. The van der Waals surface area contributed by atoms with Gasteiger partial charge in [0.1, 0.15) is 57.4 Å². The van der Waals surface area contributed by atoms with Crippen LogP contribution in [0.1, 0.15) is 66.6 Å². The van der Waals surface area contributed by atoms with Crippen molar-refractivity contribution in [1.82, 2.24) is 59.0 Å². The van der Waals surface area contributed by atoms with Crippen LogP contribution in [0.5, 0.6) is 34.5 Å². The molecule has 0 unspecified atom stereocenters. The smallest absolute Gasteiger partial charge is 0.246 e. The van der Waals surface area contributed by atoms with Crippen LogP contribution in [0, 0.1) is 26.6 Å². The Balaban J connectivity index is 0.000000134. The zero-order valence-corrected chi connectivity index (χ0v) is 56.8. The second-order valence-electron chi connectivity index (χ2n) is 24.9. The largest absolute Gasteiger partial charge is 0.457 e. The molecule has 12 aromatic rings. The third kappa shape index (κ3) is 14.0. The molecule has 3 saturated heterocycles. The van der Waals surface area contributed by atoms with Crippen LogP contribution in [0.3, 0.4) is 0 Å². The maximum absolute atomic E-state index is 13.8. The number of hydrogen-bond donors (Lipinski definition) is 0. The zero-order chi connectivity index (χ0) is 69.6. The third-order valence-electron chi connectivity index (χ3n) is 18.8. The van der Waals surface area contributed by atoms with E-state index in [-0.39, 0.29) is 41.7 Å². The van der Waals surface area contributed by atoms with Gasteiger partial charge in [0.15, 0.2) is 0 Å². The van der Waals surface area contributed by atoms with Gasteiger partial charge in [-0.05, 0) is 197 Å². The van der Waals surface area contributed by atoms with E-state index in [9.17, 15) is 18.8 Å². The Morgan fingerprint density at radius 2 is 0.830 bits per heavy atom. The molecule has 3 fully saturated rings. The van der Waals surface area contributed by atoms with Crippen LogP contribution in [0.25, 0.3) is 66.5 Å². The summed E-state index contributed by atoms with van der Waals surface area (Å²) < 4.78 is 37.9. The van der Waals surface area contributed by atoms with E-state index < -0.39 is 0 Å². The first-order valence-electron chi connectivity index (χ1n) is 33.3. The van der Waals surface area contributed by atoms with Gasteiger partial charge in [0.05, 0.1) is 39.7 Å². The standard InChI is InChI=1S/C27H25ClN4O2.C27H26N4O2.C26H23FN4O2/c1-3-18-6-5-7-24(26(18)28)34-21-10-8-19(9-11-21)27-22-16-29-14-12-23(22)32(30-27)20-13-15-31(17-20)25(33)4-2;1-4-26(32)30-15-13-21(17-30)31-24-12-14-28-16-23(24)27(29-31)20-8-10-22(11-9-20)33-25-7-5-6-18(2)19(25)3;1-3-25(32)30-14-12-19(16-30)31-23-11-13-28-15-21(23)26(29-31)18-7-9-20(10-8-18)33-24-6-4-5-22(27)17(24)2/h4-12,14,16,20H,2-3,13,15,17H2,1H3;4-12,14,16,21H,1,13,15,17H2,2-3H3;3-11,13,15,19H,1,12,14,16H2,2H3/t20-;21-;19-/m111/s1. The van der Waals surface area contributed by atoms with Crippen molar-refractivity contribution in [1.29, 1.82) is 0 Å². The van der Waals surface area contributed by atoms with Crippen LogP contribution < -0.4 is 14.2 Å². The van der Waals surface area contributed by atoms with Crippen molar-refractivity contribution in [2.24, 2.45) is 0 Å².